The van der Waals surface area contributed by atoms with Gasteiger partial charge in [0.25, 0.3) is 0 Å². The molecule has 1 aliphatic heterocycles. The number of unbranched alkanes of at least 4 members (excludes halogenated alkanes) is 1. The van der Waals surface area contributed by atoms with E-state index in [1.54, 1.807) is 0 Å². The number of ether oxygens (including phenoxy) is 1. The molecule has 1 aromatic rings. The van der Waals surface area contributed by atoms with Crippen LogP contribution in [-0.4, -0.2) is 18.4 Å². The van der Waals surface area contributed by atoms with Crippen molar-refractivity contribution in [2.75, 3.05) is 6.61 Å². The van der Waals surface area contributed by atoms with Gasteiger partial charge in [-0.05, 0) is 42.9 Å². The van der Waals surface area contributed by atoms with Crippen LogP contribution in [0.5, 0.6) is 0 Å². The molecule has 1 atom stereocenters. The molecule has 1 aromatic carbocycles. The highest BCUT2D eigenvalue weighted by Crippen LogP contribution is 2.47. The Morgan fingerprint density at radius 1 is 1.32 bits per heavy atom. The van der Waals surface area contributed by atoms with Gasteiger partial charge in [0.2, 0.25) is 0 Å². The smallest absolute Gasteiger partial charge is 0.336 e. The Morgan fingerprint density at radius 2 is 2.07 bits per heavy atom. The minimum atomic E-state index is -0.397. The molecule has 3 rings (SSSR count). The van der Waals surface area contributed by atoms with Gasteiger partial charge >= 0.3 is 5.97 Å². The van der Waals surface area contributed by atoms with E-state index in [0.717, 1.165) is 40.7 Å². The number of hydrogen-bond acceptors (Lipinski definition) is 4. The molecule has 5 heteroatoms. The number of nitrogens with one attached hydrogen (secondary N) is 1. The van der Waals surface area contributed by atoms with E-state index in [0.29, 0.717) is 24.2 Å². The van der Waals surface area contributed by atoms with E-state index < -0.39 is 5.92 Å². The van der Waals surface area contributed by atoms with Gasteiger partial charge < -0.3 is 10.1 Å². The first kappa shape index (κ1) is 20.8. The highest BCUT2D eigenvalue weighted by atomic mass is 79.9. The number of carbonyl (C=O) groups excluding carboxylic acids is 2. The van der Waals surface area contributed by atoms with E-state index >= 15 is 0 Å². The van der Waals surface area contributed by atoms with Crippen molar-refractivity contribution in [3.8, 4) is 0 Å². The van der Waals surface area contributed by atoms with Crippen LogP contribution in [0, 0.1) is 5.41 Å². The Bertz CT molecular complexity index is 866. The zero-order chi connectivity index (χ0) is 20.5. The predicted octanol–water partition coefficient (Wildman–Crippen LogP) is 5.40. The number of rotatable bonds is 5. The zero-order valence-electron chi connectivity index (χ0n) is 17.0. The van der Waals surface area contributed by atoms with E-state index in [1.807, 2.05) is 31.2 Å². The number of ketones is 1. The van der Waals surface area contributed by atoms with Crippen LogP contribution in [0.1, 0.15) is 64.9 Å². The molecule has 2 aliphatic rings. The molecule has 1 aliphatic carbocycles. The molecule has 28 heavy (non-hydrogen) atoms. The maximum Gasteiger partial charge on any atom is 0.336 e. The average Bonchev–Trinajstić information content (AvgIpc) is 2.59. The molecule has 0 saturated heterocycles. The van der Waals surface area contributed by atoms with E-state index in [4.69, 9.17) is 4.74 Å². The third-order valence-electron chi connectivity index (χ3n) is 5.37. The number of Topliss-reactive ketones (excluding diaryl/α,β-unsaturated/α-hetero) is 1. The topological polar surface area (TPSA) is 55.4 Å². The van der Waals surface area contributed by atoms with Crippen LogP contribution in [0.4, 0.5) is 0 Å². The fraction of sp³-hybridized carbons (Fsp3) is 0.478. The summed E-state index contributed by atoms with van der Waals surface area (Å²) < 4.78 is 6.47. The molecule has 0 spiro atoms. The number of carbonyl (C=O) groups is 2. The lowest BCUT2D eigenvalue weighted by molar-refractivity contribution is -0.139. The molecule has 0 fully saturated rings. The predicted molar refractivity (Wildman–Crippen MR) is 114 cm³/mol. The van der Waals surface area contributed by atoms with Crippen molar-refractivity contribution in [2.24, 2.45) is 5.41 Å². The van der Waals surface area contributed by atoms with E-state index in [2.05, 4.69) is 42.0 Å². The molecule has 150 valence electrons. The van der Waals surface area contributed by atoms with Crippen LogP contribution in [0.25, 0.3) is 0 Å². The summed E-state index contributed by atoms with van der Waals surface area (Å²) in [7, 11) is 0. The Hall–Kier alpha value is -1.88. The summed E-state index contributed by atoms with van der Waals surface area (Å²) in [5, 5.41) is 3.37. The van der Waals surface area contributed by atoms with Gasteiger partial charge in [-0.25, -0.2) is 4.79 Å². The Balaban J connectivity index is 2.09. The highest BCUT2D eigenvalue weighted by Gasteiger charge is 2.43. The Labute approximate surface area is 175 Å². The van der Waals surface area contributed by atoms with Crippen LogP contribution in [0.2, 0.25) is 0 Å². The summed E-state index contributed by atoms with van der Waals surface area (Å²) in [6, 6.07) is 7.85. The third-order valence-corrected chi connectivity index (χ3v) is 5.87. The fourth-order valence-corrected chi connectivity index (χ4v) is 4.53. The van der Waals surface area contributed by atoms with Crippen molar-refractivity contribution in [3.05, 3.63) is 56.8 Å². The lowest BCUT2D eigenvalue weighted by atomic mass is 9.68. The first-order valence-corrected chi connectivity index (χ1v) is 10.7. The molecule has 1 N–H and O–H groups in total. The molecule has 0 unspecified atom stereocenters. The summed E-state index contributed by atoms with van der Waals surface area (Å²) in [5.41, 5.74) is 3.80. The van der Waals surface area contributed by atoms with E-state index in [-0.39, 0.29) is 17.2 Å². The number of esters is 1. The second-order valence-electron chi connectivity index (χ2n) is 8.47. The van der Waals surface area contributed by atoms with Crippen molar-refractivity contribution >= 4 is 27.7 Å². The second kappa shape index (κ2) is 8.24. The third kappa shape index (κ3) is 4.24. The summed E-state index contributed by atoms with van der Waals surface area (Å²) in [5.74, 6) is -0.630. The summed E-state index contributed by atoms with van der Waals surface area (Å²) in [6.45, 7) is 8.57. The van der Waals surface area contributed by atoms with Gasteiger partial charge in [0.15, 0.2) is 5.78 Å². The van der Waals surface area contributed by atoms with Gasteiger partial charge in [-0.15, -0.1) is 0 Å². The van der Waals surface area contributed by atoms with Crippen LogP contribution in [0.15, 0.2) is 51.3 Å². The number of dihydropyridines is 1. The average molecular weight is 446 g/mol. The normalized spacial score (nSPS) is 21.3. The quantitative estimate of drug-likeness (QED) is 0.486. The Kier molecular flexibility index (Phi) is 6.13. The summed E-state index contributed by atoms with van der Waals surface area (Å²) in [6.07, 6.45) is 3.05. The van der Waals surface area contributed by atoms with Crippen LogP contribution < -0.4 is 5.32 Å². The van der Waals surface area contributed by atoms with Gasteiger partial charge in [0, 0.05) is 33.8 Å². The zero-order valence-corrected chi connectivity index (χ0v) is 18.6. The second-order valence-corrected chi connectivity index (χ2v) is 9.39. The van der Waals surface area contributed by atoms with Crippen molar-refractivity contribution in [1.29, 1.82) is 0 Å². The van der Waals surface area contributed by atoms with Gasteiger partial charge in [0.1, 0.15) is 0 Å². The molecule has 0 aromatic heterocycles. The number of hydrogen-bond donors (Lipinski definition) is 1. The molecular weight excluding hydrogens is 418 g/mol. The highest BCUT2D eigenvalue weighted by molar-refractivity contribution is 9.10. The van der Waals surface area contributed by atoms with E-state index in [9.17, 15) is 9.59 Å². The SMILES string of the molecule is CCCCOC(=O)C1=C(C)NC2=C(C(=O)CC(C)(C)C2)[C@@H]1c1cccc(Br)c1. The minimum Gasteiger partial charge on any atom is -0.462 e. The first-order valence-electron chi connectivity index (χ1n) is 9.90. The maximum absolute atomic E-state index is 13.2. The monoisotopic (exact) mass is 445 g/mol. The molecule has 0 radical (unpaired) electrons. The molecule has 4 nitrogen and oxygen atoms in total. The van der Waals surface area contributed by atoms with Gasteiger partial charge in [-0.2, -0.15) is 0 Å². The van der Waals surface area contributed by atoms with Gasteiger partial charge in [0.05, 0.1) is 12.2 Å². The summed E-state index contributed by atoms with van der Waals surface area (Å²) >= 11 is 3.52. The largest absolute Gasteiger partial charge is 0.462 e. The molecular formula is C23H28BrNO3. The van der Waals surface area contributed by atoms with Crippen LogP contribution in [0.3, 0.4) is 0 Å². The van der Waals surface area contributed by atoms with Gasteiger partial charge in [-0.1, -0.05) is 55.3 Å². The van der Waals surface area contributed by atoms with Crippen molar-refractivity contribution in [2.45, 2.75) is 59.3 Å². The number of benzene rings is 1. The lowest BCUT2D eigenvalue weighted by Crippen LogP contribution is -2.38. The van der Waals surface area contributed by atoms with Crippen LogP contribution in [-0.2, 0) is 14.3 Å². The van der Waals surface area contributed by atoms with Crippen LogP contribution >= 0.6 is 15.9 Å². The standard InChI is InChI=1S/C23H28BrNO3/c1-5-6-10-28-22(27)19-14(2)25-17-12-23(3,4)13-18(26)21(17)20(19)15-8-7-9-16(24)11-15/h7-9,11,20,25H,5-6,10,12-13H2,1-4H3/t20-/m1/s1. The fourth-order valence-electron chi connectivity index (χ4n) is 4.11. The molecule has 0 saturated carbocycles. The molecule has 0 bridgehead atoms. The van der Waals surface area contributed by atoms with E-state index in [1.165, 1.54) is 0 Å². The molecule has 1 heterocycles. The van der Waals surface area contributed by atoms with Crippen molar-refractivity contribution in [1.82, 2.24) is 5.32 Å². The maximum atomic E-state index is 13.2. The number of halogens is 1. The van der Waals surface area contributed by atoms with Crippen molar-refractivity contribution in [3.63, 3.8) is 0 Å². The Morgan fingerprint density at radius 3 is 2.75 bits per heavy atom. The minimum absolute atomic E-state index is 0.0931. The molecule has 0 amide bonds. The first-order chi connectivity index (χ1) is 13.2. The van der Waals surface area contributed by atoms with Crippen molar-refractivity contribution < 1.29 is 14.3 Å². The van der Waals surface area contributed by atoms with Gasteiger partial charge in [-0.3, -0.25) is 4.79 Å². The summed E-state index contributed by atoms with van der Waals surface area (Å²) in [4.78, 5) is 26.2. The lowest BCUT2D eigenvalue weighted by Gasteiger charge is -2.39. The number of allylic oxidation sites excluding steroid dienone is 3.